The lowest BCUT2D eigenvalue weighted by Crippen LogP contribution is -2.38. The number of fused-ring (bicyclic) bond motifs is 2. The van der Waals surface area contributed by atoms with E-state index in [1.54, 1.807) is 44.5 Å². The Morgan fingerprint density at radius 2 is 1.13 bits per heavy atom. The molecule has 6 atom stereocenters. The molecule has 2 aliphatic heterocycles. The third kappa shape index (κ3) is 10.3. The van der Waals surface area contributed by atoms with Crippen LogP contribution in [0.1, 0.15) is 42.0 Å². The van der Waals surface area contributed by atoms with Crippen molar-refractivity contribution < 1.29 is 39.0 Å². The van der Waals surface area contributed by atoms with Gasteiger partial charge in [0.1, 0.15) is 40.1 Å². The topological polar surface area (TPSA) is 265 Å². The molecule has 0 bridgehead atoms. The molecule has 22 heteroatoms. The van der Waals surface area contributed by atoms with Crippen molar-refractivity contribution in [2.24, 2.45) is 9.98 Å². The molecule has 0 radical (unpaired) electrons. The molecule has 5 N–H and O–H groups in total. The average molecular weight is 947 g/mol. The van der Waals surface area contributed by atoms with E-state index in [2.05, 4.69) is 40.1 Å². The molecular weight excluding hydrogens is 893 g/mol. The van der Waals surface area contributed by atoms with Gasteiger partial charge in [-0.15, -0.1) is 0 Å². The highest BCUT2D eigenvalue weighted by molar-refractivity contribution is 5.75. The monoisotopic (exact) mass is 946 g/mol. The number of ether oxygens (including phenoxy) is 5. The number of nitrogens with one attached hydrogen (secondary N) is 2. The zero-order valence-corrected chi connectivity index (χ0v) is 38.8. The molecule has 7 aromatic rings. The number of H-pyrrole nitrogens is 2. The van der Waals surface area contributed by atoms with Gasteiger partial charge in [-0.1, -0.05) is 54.6 Å². The van der Waals surface area contributed by atoms with Crippen LogP contribution >= 0.6 is 0 Å². The lowest BCUT2D eigenvalue weighted by molar-refractivity contribution is -0.0949. The van der Waals surface area contributed by atoms with Crippen LogP contribution in [0.15, 0.2) is 111 Å². The zero-order chi connectivity index (χ0) is 48.8. The number of aliphatic hydroxyl groups is 3. The minimum Gasteiger partial charge on any atom is -0.497 e. The van der Waals surface area contributed by atoms with Crippen molar-refractivity contribution in [1.82, 2.24) is 49.3 Å². The second-order valence-electron chi connectivity index (χ2n) is 16.7. The molecule has 9 rings (SSSR count). The molecule has 4 aromatic heterocycles. The predicted molar refractivity (Wildman–Crippen MR) is 254 cm³/mol. The molecule has 2 saturated heterocycles. The van der Waals surface area contributed by atoms with Crippen molar-refractivity contribution in [1.29, 1.82) is 0 Å². The Kier molecular flexibility index (Phi) is 14.6. The van der Waals surface area contributed by atoms with Crippen LogP contribution in [0, 0.1) is 0 Å². The maximum Gasteiger partial charge on any atom is 0.263 e. The van der Waals surface area contributed by atoms with E-state index in [-0.39, 0.29) is 49.1 Å². The van der Waals surface area contributed by atoms with Gasteiger partial charge in [-0.3, -0.25) is 19.6 Å². The highest BCUT2D eigenvalue weighted by Crippen LogP contribution is 2.43. The largest absolute Gasteiger partial charge is 0.497 e. The summed E-state index contributed by atoms with van der Waals surface area (Å²) in [5.74, 6) is 1.72. The SMILES string of the molecule is CN(C)C=Nc1nc2c(cnn2C2CC(O)C(CO)O2)c(=O)[nH]1.COc1ccc(C(OCC2OC(n3ncc4c(=O)[nH]c(N=CN(C)C)nc43)CC2O)(c2ccccc2)c2ccc(OC)cc2)cc1. The standard InChI is InChI=1S/C34H36N6O6.C13H18N6O4/c1-39(2)21-35-33-37-31-27(32(42)38-33)19-36-40(31)30-18-28(41)29(46-30)20-45-34(22-8-6-5-7-9-22,23-10-14-25(43-3)15-11-23)24-12-16-26(44-4)17-13-24;1-18(2)6-14-13-16-11-7(12(22)17-13)4-15-19(11)10-3-8(21)9(5-20)23-10/h5-17,19,21,28-30,41H,18,20H2,1-4H3,(H,37,38,42);4,6,8-10,20-21H,3,5H2,1-2H3,(H,16,17,22). The molecule has 3 aromatic carbocycles. The summed E-state index contributed by atoms with van der Waals surface area (Å²) in [5, 5.41) is 39.4. The van der Waals surface area contributed by atoms with Gasteiger partial charge < -0.3 is 48.8 Å². The molecule has 362 valence electrons. The molecule has 0 aliphatic carbocycles. The number of aromatic amines is 2. The Morgan fingerprint density at radius 3 is 1.55 bits per heavy atom. The number of aromatic nitrogens is 8. The van der Waals surface area contributed by atoms with Crippen LogP contribution < -0.4 is 20.6 Å². The van der Waals surface area contributed by atoms with Gasteiger partial charge in [0.25, 0.3) is 11.1 Å². The molecule has 22 nitrogen and oxygen atoms in total. The maximum absolute atomic E-state index is 12.7. The lowest BCUT2D eigenvalue weighted by Gasteiger charge is -2.37. The molecule has 69 heavy (non-hydrogen) atoms. The predicted octanol–water partition coefficient (Wildman–Crippen LogP) is 3.00. The maximum atomic E-state index is 12.7. The Bertz CT molecular complexity index is 2960. The normalized spacial score (nSPS) is 20.5. The molecule has 6 heterocycles. The number of hydrogen-bond donors (Lipinski definition) is 5. The van der Waals surface area contributed by atoms with Crippen molar-refractivity contribution in [2.75, 3.05) is 55.6 Å². The van der Waals surface area contributed by atoms with Crippen LogP contribution in [0.5, 0.6) is 11.5 Å². The second kappa shape index (κ2) is 20.9. The van der Waals surface area contributed by atoms with Crippen molar-refractivity contribution >= 4 is 46.6 Å². The summed E-state index contributed by atoms with van der Waals surface area (Å²) in [7, 11) is 10.5. The third-order valence-electron chi connectivity index (χ3n) is 11.5. The van der Waals surface area contributed by atoms with Gasteiger partial charge in [-0.05, 0) is 41.0 Å². The van der Waals surface area contributed by atoms with E-state index < -0.39 is 42.5 Å². The Labute approximate surface area is 395 Å². The summed E-state index contributed by atoms with van der Waals surface area (Å²) in [6.07, 6.45) is 2.03. The first kappa shape index (κ1) is 48.1. The first-order chi connectivity index (χ1) is 33.3. The molecule has 2 fully saturated rings. The third-order valence-corrected chi connectivity index (χ3v) is 11.5. The zero-order valence-electron chi connectivity index (χ0n) is 38.8. The van der Waals surface area contributed by atoms with Gasteiger partial charge in [0.05, 0.1) is 64.7 Å². The van der Waals surface area contributed by atoms with Gasteiger partial charge in [0.2, 0.25) is 11.9 Å². The van der Waals surface area contributed by atoms with E-state index in [9.17, 15) is 19.8 Å². The van der Waals surface area contributed by atoms with E-state index >= 15 is 0 Å². The average Bonchev–Trinajstić information content (AvgIpc) is 4.16. The summed E-state index contributed by atoms with van der Waals surface area (Å²) in [5.41, 5.74) is 1.44. The summed E-state index contributed by atoms with van der Waals surface area (Å²) in [4.78, 5) is 50.6. The molecular formula is C47H54N12O10. The van der Waals surface area contributed by atoms with Gasteiger partial charge in [-0.2, -0.15) is 20.2 Å². The number of aliphatic hydroxyl groups excluding tert-OH is 3. The van der Waals surface area contributed by atoms with Gasteiger partial charge in [-0.25, -0.2) is 19.3 Å². The van der Waals surface area contributed by atoms with Crippen molar-refractivity contribution in [3.8, 4) is 11.5 Å². The number of nitrogens with zero attached hydrogens (tertiary/aromatic N) is 10. The van der Waals surface area contributed by atoms with Gasteiger partial charge >= 0.3 is 0 Å². The molecule has 0 amide bonds. The van der Waals surface area contributed by atoms with Crippen LogP contribution in [-0.4, -0.2) is 157 Å². The van der Waals surface area contributed by atoms with Crippen LogP contribution in [0.25, 0.3) is 22.1 Å². The fourth-order valence-corrected chi connectivity index (χ4v) is 8.06. The minimum absolute atomic E-state index is 0.0379. The number of benzene rings is 3. The first-order valence-electron chi connectivity index (χ1n) is 21.9. The lowest BCUT2D eigenvalue weighted by atomic mass is 9.80. The van der Waals surface area contributed by atoms with Crippen LogP contribution in [0.3, 0.4) is 0 Å². The highest BCUT2D eigenvalue weighted by atomic mass is 16.6. The fourth-order valence-electron chi connectivity index (χ4n) is 8.06. The molecule has 0 saturated carbocycles. The van der Waals surface area contributed by atoms with Gasteiger partial charge in [0, 0.05) is 41.0 Å². The minimum atomic E-state index is -1.08. The molecule has 0 spiro atoms. The van der Waals surface area contributed by atoms with E-state index in [1.165, 1.54) is 28.1 Å². The summed E-state index contributed by atoms with van der Waals surface area (Å²) in [6.45, 7) is -0.251. The quantitative estimate of drug-likeness (QED) is 0.0562. The Hall–Kier alpha value is -7.34. The van der Waals surface area contributed by atoms with Crippen LogP contribution in [0.4, 0.5) is 11.9 Å². The second-order valence-corrected chi connectivity index (χ2v) is 16.7. The van der Waals surface area contributed by atoms with E-state index in [0.717, 1.165) is 16.7 Å². The Morgan fingerprint density at radius 1 is 0.696 bits per heavy atom. The van der Waals surface area contributed by atoms with Crippen LogP contribution in [-0.2, 0) is 19.8 Å². The molecule has 6 unspecified atom stereocenters. The summed E-state index contributed by atoms with van der Waals surface area (Å²) in [6, 6.07) is 25.4. The number of hydrogen-bond acceptors (Lipinski definition) is 16. The first-order valence-corrected chi connectivity index (χ1v) is 21.9. The number of methoxy groups -OCH3 is 2. The highest BCUT2D eigenvalue weighted by Gasteiger charge is 2.43. The van der Waals surface area contributed by atoms with E-state index in [1.807, 2.05) is 93.0 Å². The Balaban J connectivity index is 0.000000233. The number of rotatable bonds is 15. The molecule has 2 aliphatic rings. The van der Waals surface area contributed by atoms with E-state index in [4.69, 9.17) is 28.8 Å². The van der Waals surface area contributed by atoms with E-state index in [0.29, 0.717) is 33.6 Å². The van der Waals surface area contributed by atoms with Crippen LogP contribution in [0.2, 0.25) is 0 Å². The number of aliphatic imine (C=N–C) groups is 2. The van der Waals surface area contributed by atoms with Crippen molar-refractivity contribution in [3.05, 3.63) is 129 Å². The smallest absolute Gasteiger partial charge is 0.263 e. The summed E-state index contributed by atoms with van der Waals surface area (Å²) < 4.78 is 32.7. The fraction of sp³-hybridized carbons (Fsp3) is 0.362. The summed E-state index contributed by atoms with van der Waals surface area (Å²) >= 11 is 0. The van der Waals surface area contributed by atoms with Crippen molar-refractivity contribution in [2.45, 2.75) is 55.3 Å². The van der Waals surface area contributed by atoms with Gasteiger partial charge in [0.15, 0.2) is 23.8 Å². The van der Waals surface area contributed by atoms with Crippen molar-refractivity contribution in [3.63, 3.8) is 0 Å².